The van der Waals surface area contributed by atoms with E-state index in [1.165, 1.54) is 5.01 Å². The highest BCUT2D eigenvalue weighted by atomic mass is 16.5. The maximum absolute atomic E-state index is 12.8. The van der Waals surface area contributed by atoms with Gasteiger partial charge in [0.1, 0.15) is 17.1 Å². The smallest absolute Gasteiger partial charge is 0.244 e. The molecule has 0 aromatic carbocycles. The lowest BCUT2D eigenvalue weighted by Gasteiger charge is -2.50. The Morgan fingerprint density at radius 3 is 2.79 bits per heavy atom. The molecule has 29 heavy (non-hydrogen) atoms. The number of aryl methyl sites for hydroxylation is 2. The summed E-state index contributed by atoms with van der Waals surface area (Å²) in [5, 5.41) is 18.3. The van der Waals surface area contributed by atoms with E-state index in [1.54, 1.807) is 0 Å². The summed E-state index contributed by atoms with van der Waals surface area (Å²) in [6.45, 7) is 6.63. The Morgan fingerprint density at radius 1 is 1.24 bits per heavy atom. The summed E-state index contributed by atoms with van der Waals surface area (Å²) in [6, 6.07) is 3.77. The quantitative estimate of drug-likeness (QED) is 0.776. The van der Waals surface area contributed by atoms with Crippen molar-refractivity contribution in [1.29, 1.82) is 0 Å². The van der Waals surface area contributed by atoms with Gasteiger partial charge in [0.15, 0.2) is 0 Å². The second-order valence-electron chi connectivity index (χ2n) is 8.15. The second kappa shape index (κ2) is 7.00. The summed E-state index contributed by atoms with van der Waals surface area (Å²) in [7, 11) is 0. The van der Waals surface area contributed by atoms with Gasteiger partial charge in [-0.1, -0.05) is 5.16 Å². The van der Waals surface area contributed by atoms with Crippen molar-refractivity contribution in [3.8, 4) is 11.4 Å². The topological polar surface area (TPSA) is 97.0 Å². The van der Waals surface area contributed by atoms with E-state index >= 15 is 0 Å². The van der Waals surface area contributed by atoms with Crippen LogP contribution in [-0.2, 0) is 16.1 Å². The van der Waals surface area contributed by atoms with E-state index in [0.29, 0.717) is 30.1 Å². The lowest BCUT2D eigenvalue weighted by atomic mass is 9.88. The molecule has 5 rings (SSSR count). The van der Waals surface area contributed by atoms with Crippen molar-refractivity contribution in [2.45, 2.75) is 51.3 Å². The summed E-state index contributed by atoms with van der Waals surface area (Å²) >= 11 is 0. The van der Waals surface area contributed by atoms with E-state index in [2.05, 4.69) is 25.4 Å². The van der Waals surface area contributed by atoms with Crippen LogP contribution in [0.1, 0.15) is 36.3 Å². The Hall–Kier alpha value is -2.65. The fourth-order valence-electron chi connectivity index (χ4n) is 4.30. The molecule has 0 saturated carbocycles. The van der Waals surface area contributed by atoms with Crippen LogP contribution < -0.4 is 0 Å². The molecule has 2 aromatic heterocycles. The molecule has 152 valence electrons. The first-order valence-electron chi connectivity index (χ1n) is 10.0. The summed E-state index contributed by atoms with van der Waals surface area (Å²) in [6.07, 6.45) is 4.54. The first-order chi connectivity index (χ1) is 14.0. The Labute approximate surface area is 168 Å². The number of rotatable bonds is 4. The van der Waals surface area contributed by atoms with Crippen LogP contribution in [0.15, 0.2) is 21.8 Å². The van der Waals surface area contributed by atoms with E-state index in [1.807, 2.05) is 32.2 Å². The Morgan fingerprint density at radius 2 is 2.10 bits per heavy atom. The van der Waals surface area contributed by atoms with Crippen molar-refractivity contribution in [3.63, 3.8) is 0 Å². The number of hydrazone groups is 1. The number of amides is 1. The normalized spacial score (nSPS) is 23.7. The lowest BCUT2D eigenvalue weighted by Crippen LogP contribution is -2.65. The Kier molecular flexibility index (Phi) is 4.44. The Bertz CT molecular complexity index is 940. The zero-order valence-electron chi connectivity index (χ0n) is 16.7. The third-order valence-electron chi connectivity index (χ3n) is 6.02. The summed E-state index contributed by atoms with van der Waals surface area (Å²) < 4.78 is 11.2. The number of hydrogen-bond acceptors (Lipinski definition) is 8. The van der Waals surface area contributed by atoms with Crippen LogP contribution in [0.2, 0.25) is 0 Å². The average Bonchev–Trinajstić information content (AvgIpc) is 3.31. The van der Waals surface area contributed by atoms with Gasteiger partial charge < -0.3 is 9.26 Å². The fraction of sp³-hybridized carbons (Fsp3) is 0.550. The van der Waals surface area contributed by atoms with Gasteiger partial charge in [-0.25, -0.2) is 5.01 Å². The zero-order chi connectivity index (χ0) is 20.0. The summed E-state index contributed by atoms with van der Waals surface area (Å²) in [4.78, 5) is 15.0. The van der Waals surface area contributed by atoms with Gasteiger partial charge in [-0.3, -0.25) is 9.69 Å². The van der Waals surface area contributed by atoms with E-state index < -0.39 is 0 Å². The molecule has 1 atom stereocenters. The Balaban J connectivity index is 1.29. The highest BCUT2D eigenvalue weighted by Gasteiger charge is 2.49. The maximum atomic E-state index is 12.8. The summed E-state index contributed by atoms with van der Waals surface area (Å²) in [5.74, 6) is 0.642. The largest absolute Gasteiger partial charge is 0.372 e. The predicted molar refractivity (Wildman–Crippen MR) is 104 cm³/mol. The molecule has 1 amide bonds. The lowest BCUT2D eigenvalue weighted by molar-refractivity contribution is -0.140. The standard InChI is InChI=1S/C20H24N6O3/c1-13-4-5-17(23-22-13)19-16(14(2)29-24-19)10-26-18(27)8-15(9-21-26)25-11-20(12-25)6-3-7-28-20/h4-5,9,15H,3,6-8,10-12H2,1-2H3. The van der Waals surface area contributed by atoms with Crippen LogP contribution in [0.25, 0.3) is 11.4 Å². The number of nitrogens with zero attached hydrogens (tertiary/aromatic N) is 6. The number of carbonyl (C=O) groups is 1. The van der Waals surface area contributed by atoms with Crippen LogP contribution in [-0.4, -0.2) is 68.7 Å². The molecule has 3 aliphatic heterocycles. The molecule has 0 aliphatic carbocycles. The monoisotopic (exact) mass is 396 g/mol. The van der Waals surface area contributed by atoms with Crippen molar-refractivity contribution >= 4 is 12.1 Å². The first-order valence-corrected chi connectivity index (χ1v) is 10.0. The average molecular weight is 396 g/mol. The maximum Gasteiger partial charge on any atom is 0.244 e. The van der Waals surface area contributed by atoms with Crippen LogP contribution in [0.3, 0.4) is 0 Å². The summed E-state index contributed by atoms with van der Waals surface area (Å²) in [5.41, 5.74) is 2.87. The number of carbonyl (C=O) groups excluding carboxylic acids is 1. The van der Waals surface area contributed by atoms with Gasteiger partial charge in [-0.2, -0.15) is 10.2 Å². The molecule has 1 spiro atoms. The molecule has 0 bridgehead atoms. The van der Waals surface area contributed by atoms with Crippen LogP contribution >= 0.6 is 0 Å². The third-order valence-corrected chi connectivity index (χ3v) is 6.02. The highest BCUT2D eigenvalue weighted by Crippen LogP contribution is 2.36. The van der Waals surface area contributed by atoms with E-state index in [9.17, 15) is 4.79 Å². The van der Waals surface area contributed by atoms with Crippen molar-refractivity contribution in [2.24, 2.45) is 5.10 Å². The third kappa shape index (κ3) is 3.34. The highest BCUT2D eigenvalue weighted by molar-refractivity contribution is 5.85. The van der Waals surface area contributed by atoms with Gasteiger partial charge in [0.25, 0.3) is 0 Å². The molecule has 2 fully saturated rings. The van der Waals surface area contributed by atoms with Gasteiger partial charge in [0, 0.05) is 37.9 Å². The van der Waals surface area contributed by atoms with Gasteiger partial charge in [-0.15, -0.1) is 5.10 Å². The van der Waals surface area contributed by atoms with Crippen LogP contribution in [0.5, 0.6) is 0 Å². The van der Waals surface area contributed by atoms with Crippen LogP contribution in [0.4, 0.5) is 0 Å². The van der Waals surface area contributed by atoms with Gasteiger partial charge in [-0.05, 0) is 38.8 Å². The molecule has 1 unspecified atom stereocenters. The van der Waals surface area contributed by atoms with Gasteiger partial charge >= 0.3 is 0 Å². The SMILES string of the molecule is Cc1ccc(-c2noc(C)c2CN2N=CC(N3CC4(CCCO4)C3)CC2=O)nn1. The molecular formula is C20H24N6O3. The molecule has 3 aliphatic rings. The molecule has 0 radical (unpaired) electrons. The first kappa shape index (κ1) is 18.4. The molecule has 9 nitrogen and oxygen atoms in total. The number of aromatic nitrogens is 3. The van der Waals surface area contributed by atoms with Crippen molar-refractivity contribution in [3.05, 3.63) is 29.2 Å². The van der Waals surface area contributed by atoms with Crippen molar-refractivity contribution < 1.29 is 14.1 Å². The van der Waals surface area contributed by atoms with E-state index in [-0.39, 0.29) is 17.6 Å². The van der Waals surface area contributed by atoms with E-state index in [4.69, 9.17) is 9.26 Å². The number of hydrogen-bond donors (Lipinski definition) is 0. The predicted octanol–water partition coefficient (Wildman–Crippen LogP) is 1.70. The van der Waals surface area contributed by atoms with Crippen molar-refractivity contribution in [1.82, 2.24) is 25.3 Å². The molecule has 9 heteroatoms. The van der Waals surface area contributed by atoms with Gasteiger partial charge in [0.2, 0.25) is 5.91 Å². The molecule has 5 heterocycles. The fourth-order valence-corrected chi connectivity index (χ4v) is 4.30. The van der Waals surface area contributed by atoms with Gasteiger partial charge in [0.05, 0.1) is 23.9 Å². The zero-order valence-corrected chi connectivity index (χ0v) is 16.7. The molecule has 2 aromatic rings. The van der Waals surface area contributed by atoms with Crippen LogP contribution in [0, 0.1) is 13.8 Å². The minimum Gasteiger partial charge on any atom is -0.372 e. The molecular weight excluding hydrogens is 372 g/mol. The minimum atomic E-state index is -0.00710. The molecule has 0 N–H and O–H groups in total. The number of ether oxygens (including phenoxy) is 1. The van der Waals surface area contributed by atoms with E-state index in [0.717, 1.165) is 43.8 Å². The van der Waals surface area contributed by atoms with Crippen molar-refractivity contribution in [2.75, 3.05) is 19.7 Å². The second-order valence-corrected chi connectivity index (χ2v) is 8.15. The minimum absolute atomic E-state index is 0.00710. The number of likely N-dealkylation sites (tertiary alicyclic amines) is 1. The molecule has 2 saturated heterocycles.